The topological polar surface area (TPSA) is 128 Å². The number of hydrogen-bond donors (Lipinski definition) is 1. The molecule has 0 bridgehead atoms. The lowest BCUT2D eigenvalue weighted by Gasteiger charge is -2.27. The number of ether oxygens (including phenoxy) is 4. The van der Waals surface area contributed by atoms with Crippen molar-refractivity contribution in [3.8, 4) is 23.6 Å². The summed E-state index contributed by atoms with van der Waals surface area (Å²) in [6.45, 7) is 3.30. The molecule has 0 aliphatic carbocycles. The maximum atomic E-state index is 12.5. The van der Waals surface area contributed by atoms with Gasteiger partial charge in [0.05, 0.1) is 25.2 Å². The highest BCUT2D eigenvalue weighted by molar-refractivity contribution is 5.92. The second-order valence-corrected chi connectivity index (χ2v) is 5.47. The number of carbonyl (C=O) groups excluding carboxylic acids is 1. The van der Waals surface area contributed by atoms with E-state index in [4.69, 9.17) is 29.9 Å². The summed E-state index contributed by atoms with van der Waals surface area (Å²) in [5.41, 5.74) is 6.72. The second-order valence-electron chi connectivity index (χ2n) is 5.47. The van der Waals surface area contributed by atoms with E-state index < -0.39 is 11.9 Å². The van der Waals surface area contributed by atoms with Gasteiger partial charge in [-0.3, -0.25) is 0 Å². The number of carbonyl (C=O) groups is 1. The molecule has 1 aromatic rings. The van der Waals surface area contributed by atoms with Crippen LogP contribution < -0.4 is 15.2 Å². The fourth-order valence-corrected chi connectivity index (χ4v) is 2.78. The van der Waals surface area contributed by atoms with Gasteiger partial charge >= 0.3 is 5.97 Å². The highest BCUT2D eigenvalue weighted by atomic mass is 16.5. The third kappa shape index (κ3) is 3.96. The Morgan fingerprint density at radius 1 is 1.33 bits per heavy atom. The molecule has 1 unspecified atom stereocenters. The van der Waals surface area contributed by atoms with Crippen LogP contribution in [0.2, 0.25) is 0 Å². The van der Waals surface area contributed by atoms with Crippen LogP contribution in [0.25, 0.3) is 0 Å². The minimum Gasteiger partial charge on any atom is -0.493 e. The molecule has 1 heterocycles. The Hall–Kier alpha value is -3.65. The number of hydrogen-bond acceptors (Lipinski definition) is 8. The van der Waals surface area contributed by atoms with Crippen LogP contribution in [0.1, 0.15) is 25.3 Å². The molecule has 0 amide bonds. The monoisotopic (exact) mass is 369 g/mol. The smallest absolute Gasteiger partial charge is 0.338 e. The molecule has 8 nitrogen and oxygen atoms in total. The zero-order valence-corrected chi connectivity index (χ0v) is 15.2. The van der Waals surface area contributed by atoms with Gasteiger partial charge < -0.3 is 24.7 Å². The lowest BCUT2D eigenvalue weighted by atomic mass is 9.83. The number of nitrogens with zero attached hydrogens (tertiary/aromatic N) is 2. The van der Waals surface area contributed by atoms with Gasteiger partial charge in [-0.05, 0) is 31.5 Å². The molecule has 0 saturated heterocycles. The maximum Gasteiger partial charge on any atom is 0.338 e. The third-order valence-corrected chi connectivity index (χ3v) is 3.91. The Bertz CT molecular complexity index is 890. The molecule has 27 heavy (non-hydrogen) atoms. The predicted octanol–water partition coefficient (Wildman–Crippen LogP) is 2.24. The van der Waals surface area contributed by atoms with Gasteiger partial charge in [-0.25, -0.2) is 4.79 Å². The Balaban J connectivity index is 2.59. The second kappa shape index (κ2) is 8.63. The van der Waals surface area contributed by atoms with Gasteiger partial charge in [-0.15, -0.1) is 0 Å². The number of methoxy groups -OCH3 is 1. The van der Waals surface area contributed by atoms with E-state index in [9.17, 15) is 10.1 Å². The highest BCUT2D eigenvalue weighted by Crippen LogP contribution is 2.42. The van der Waals surface area contributed by atoms with E-state index >= 15 is 0 Å². The van der Waals surface area contributed by atoms with Crippen molar-refractivity contribution in [2.45, 2.75) is 19.8 Å². The van der Waals surface area contributed by atoms with Crippen LogP contribution in [-0.4, -0.2) is 26.3 Å². The van der Waals surface area contributed by atoms with Crippen molar-refractivity contribution in [1.82, 2.24) is 0 Å². The zero-order valence-electron chi connectivity index (χ0n) is 15.2. The third-order valence-electron chi connectivity index (χ3n) is 3.91. The summed E-state index contributed by atoms with van der Waals surface area (Å²) in [6.07, 6.45) is 0. The summed E-state index contributed by atoms with van der Waals surface area (Å²) >= 11 is 0. The molecular formula is C19H19N3O5. The van der Waals surface area contributed by atoms with Crippen LogP contribution >= 0.6 is 0 Å². The molecule has 1 aromatic carbocycles. The SMILES string of the molecule is CCOC(=O)C1=C(C)OC(N)=C(C#N)C1c1ccc(OCC#N)c(OC)c1. The molecule has 2 N–H and O–H groups in total. The maximum absolute atomic E-state index is 12.5. The van der Waals surface area contributed by atoms with Crippen molar-refractivity contribution in [2.24, 2.45) is 5.73 Å². The Labute approximate surface area is 157 Å². The van der Waals surface area contributed by atoms with Crippen molar-refractivity contribution >= 4 is 5.97 Å². The first-order chi connectivity index (χ1) is 13.0. The summed E-state index contributed by atoms with van der Waals surface area (Å²) in [5.74, 6) is -0.462. The van der Waals surface area contributed by atoms with Gasteiger partial charge in [0, 0.05) is 0 Å². The van der Waals surface area contributed by atoms with Crippen LogP contribution in [0.3, 0.4) is 0 Å². The largest absolute Gasteiger partial charge is 0.493 e. The predicted molar refractivity (Wildman–Crippen MR) is 94.1 cm³/mol. The highest BCUT2D eigenvalue weighted by Gasteiger charge is 2.36. The first-order valence-electron chi connectivity index (χ1n) is 8.11. The van der Waals surface area contributed by atoms with Crippen LogP contribution in [0.15, 0.2) is 41.0 Å². The van der Waals surface area contributed by atoms with E-state index in [2.05, 4.69) is 0 Å². The first-order valence-corrected chi connectivity index (χ1v) is 8.11. The van der Waals surface area contributed by atoms with Crippen molar-refractivity contribution in [2.75, 3.05) is 20.3 Å². The molecule has 1 aliphatic rings. The van der Waals surface area contributed by atoms with Crippen LogP contribution in [0.5, 0.6) is 11.5 Å². The van der Waals surface area contributed by atoms with E-state index in [1.807, 2.05) is 12.1 Å². The average molecular weight is 369 g/mol. The summed E-state index contributed by atoms with van der Waals surface area (Å²) in [5, 5.41) is 18.2. The molecule has 1 atom stereocenters. The van der Waals surface area contributed by atoms with Crippen molar-refractivity contribution in [1.29, 1.82) is 10.5 Å². The Morgan fingerprint density at radius 3 is 2.67 bits per heavy atom. The van der Waals surface area contributed by atoms with Crippen molar-refractivity contribution < 1.29 is 23.7 Å². The van der Waals surface area contributed by atoms with E-state index in [0.717, 1.165) is 0 Å². The van der Waals surface area contributed by atoms with E-state index in [1.54, 1.807) is 32.0 Å². The summed E-state index contributed by atoms with van der Waals surface area (Å²) in [4.78, 5) is 12.5. The summed E-state index contributed by atoms with van der Waals surface area (Å²) < 4.78 is 21.1. The number of allylic oxidation sites excluding steroid dienone is 2. The number of rotatable bonds is 6. The first kappa shape index (κ1) is 19.7. The summed E-state index contributed by atoms with van der Waals surface area (Å²) in [7, 11) is 1.45. The lowest BCUT2D eigenvalue weighted by molar-refractivity contribution is -0.139. The van der Waals surface area contributed by atoms with Gasteiger partial charge in [0.1, 0.15) is 23.5 Å². The van der Waals surface area contributed by atoms with E-state index in [0.29, 0.717) is 17.1 Å². The normalized spacial score (nSPS) is 16.1. The average Bonchev–Trinajstić information content (AvgIpc) is 2.65. The molecule has 0 spiro atoms. The molecule has 0 fully saturated rings. The number of nitrogens with two attached hydrogens (primary N) is 1. The van der Waals surface area contributed by atoms with Crippen LogP contribution in [0.4, 0.5) is 0 Å². The zero-order chi connectivity index (χ0) is 20.0. The standard InChI is InChI=1S/C19H19N3O5/c1-4-25-19(23)16-11(2)27-18(22)13(10-21)17(16)12-5-6-14(26-8-7-20)15(9-12)24-3/h5-6,9,17H,4,8,22H2,1-3H3. The number of esters is 1. The lowest BCUT2D eigenvalue weighted by Crippen LogP contribution is -2.25. The van der Waals surface area contributed by atoms with Crippen LogP contribution in [-0.2, 0) is 14.3 Å². The molecule has 1 aliphatic heterocycles. The van der Waals surface area contributed by atoms with Gasteiger partial charge in [0.25, 0.3) is 0 Å². The van der Waals surface area contributed by atoms with E-state index in [1.165, 1.54) is 7.11 Å². The molecule has 2 rings (SSSR count). The van der Waals surface area contributed by atoms with Gasteiger partial charge in [-0.2, -0.15) is 10.5 Å². The van der Waals surface area contributed by atoms with Gasteiger partial charge in [0.15, 0.2) is 18.1 Å². The Morgan fingerprint density at radius 2 is 2.07 bits per heavy atom. The molecule has 8 heteroatoms. The minimum atomic E-state index is -0.776. The minimum absolute atomic E-state index is 0.0724. The van der Waals surface area contributed by atoms with Crippen molar-refractivity contribution in [3.05, 3.63) is 46.6 Å². The molecule has 0 aromatic heterocycles. The Kier molecular flexibility index (Phi) is 6.29. The van der Waals surface area contributed by atoms with Gasteiger partial charge in [-0.1, -0.05) is 6.07 Å². The van der Waals surface area contributed by atoms with E-state index in [-0.39, 0.29) is 36.0 Å². The molecule has 0 saturated carbocycles. The molecular weight excluding hydrogens is 350 g/mol. The quantitative estimate of drug-likeness (QED) is 0.756. The van der Waals surface area contributed by atoms with Crippen LogP contribution in [0, 0.1) is 22.7 Å². The number of nitriles is 2. The fraction of sp³-hybridized carbons (Fsp3) is 0.316. The van der Waals surface area contributed by atoms with Gasteiger partial charge in [0.2, 0.25) is 5.88 Å². The van der Waals surface area contributed by atoms with Crippen molar-refractivity contribution in [3.63, 3.8) is 0 Å². The number of benzene rings is 1. The molecule has 140 valence electrons. The fourth-order valence-electron chi connectivity index (χ4n) is 2.78. The molecule has 0 radical (unpaired) electrons. The summed E-state index contributed by atoms with van der Waals surface area (Å²) in [6, 6.07) is 8.78.